The maximum Gasteiger partial charge on any atom is 0.280 e. The molecule has 31 heteroatoms. The number of rotatable bonds is 15. The average molecular weight is 831 g/mol. The molecule has 294 valence electrons. The molecule has 2 fully saturated rings. The lowest BCUT2D eigenvalue weighted by atomic mass is 10.1. The van der Waals surface area contributed by atoms with Gasteiger partial charge in [-0.25, -0.2) is 14.3 Å². The second kappa shape index (κ2) is 15.5. The molecule has 11 atom stereocenters. The van der Waals surface area contributed by atoms with Crippen molar-refractivity contribution in [2.45, 2.75) is 49.1 Å². The largest absolute Gasteiger partial charge is 0.857 e. The van der Waals surface area contributed by atoms with Crippen LogP contribution in [0.15, 0.2) is 23.9 Å². The van der Waals surface area contributed by atoms with Crippen LogP contribution < -0.4 is 47.0 Å². The highest BCUT2D eigenvalue weighted by Crippen LogP contribution is 2.63. The van der Waals surface area contributed by atoms with Gasteiger partial charge < -0.3 is 80.4 Å². The lowest BCUT2D eigenvalue weighted by molar-refractivity contribution is -0.273. The zero-order valence-corrected chi connectivity index (χ0v) is 30.1. The van der Waals surface area contributed by atoms with Gasteiger partial charge in [-0.15, -0.1) is 0 Å². The van der Waals surface area contributed by atoms with Gasteiger partial charge in [0.15, 0.2) is 29.4 Å². The molecule has 0 spiro atoms. The van der Waals surface area contributed by atoms with E-state index < -0.39 is 102 Å². The fourth-order valence-electron chi connectivity index (χ4n) is 5.12. The molecule has 3 aromatic rings. The Labute approximate surface area is 300 Å². The minimum absolute atomic E-state index is 0.166. The van der Waals surface area contributed by atoms with Gasteiger partial charge in [0.2, 0.25) is 11.9 Å². The number of hydrogen-bond donors (Lipinski definition) is 8. The number of nitrogens with zero attached hydrogens (tertiary/aromatic N) is 6. The summed E-state index contributed by atoms with van der Waals surface area (Å²) in [6.45, 7) is -3.86. The van der Waals surface area contributed by atoms with Crippen molar-refractivity contribution in [3.63, 3.8) is 0 Å². The van der Waals surface area contributed by atoms with Gasteiger partial charge in [-0.1, -0.05) is 18.4 Å². The highest BCUT2D eigenvalue weighted by Gasteiger charge is 2.47. The number of aliphatic hydroxyl groups is 4. The van der Waals surface area contributed by atoms with E-state index in [4.69, 9.17) is 25.5 Å². The molecule has 0 aliphatic carbocycles. The third-order valence-corrected chi connectivity index (χ3v) is 12.5. The third kappa shape index (κ3) is 8.85. The molecule has 53 heavy (non-hydrogen) atoms. The van der Waals surface area contributed by atoms with E-state index in [1.54, 1.807) is 0 Å². The van der Waals surface area contributed by atoms with Gasteiger partial charge in [-0.2, -0.15) is 9.97 Å². The molecule has 5 rings (SSSR count). The Bertz CT molecular complexity index is 2060. The summed E-state index contributed by atoms with van der Waals surface area (Å²) in [4.78, 5) is 67.8. The van der Waals surface area contributed by atoms with E-state index in [-0.39, 0.29) is 28.6 Å². The van der Waals surface area contributed by atoms with Crippen molar-refractivity contribution in [3.8, 4) is 5.88 Å². The minimum atomic E-state index is -6.19. The highest BCUT2D eigenvalue weighted by molar-refractivity contribution is 8.07. The Balaban J connectivity index is 1.17. The molecule has 27 nitrogen and oxygen atoms in total. The van der Waals surface area contributed by atoms with E-state index in [0.717, 1.165) is 22.0 Å². The molecular weight excluding hydrogens is 801 g/mol. The summed E-state index contributed by atoms with van der Waals surface area (Å²) in [5.74, 6) is -1.83. The zero-order valence-electron chi connectivity index (χ0n) is 26.6. The average Bonchev–Trinajstić information content (AvgIpc) is 3.68. The third-order valence-electron chi connectivity index (χ3n) is 7.43. The van der Waals surface area contributed by atoms with Crippen molar-refractivity contribution in [3.05, 3.63) is 29.5 Å². The van der Waals surface area contributed by atoms with E-state index in [0.29, 0.717) is 0 Å². The van der Waals surface area contributed by atoms with E-state index in [9.17, 15) is 54.1 Å². The Morgan fingerprint density at radius 3 is 2.34 bits per heavy atom. The second-order valence-corrected chi connectivity index (χ2v) is 16.7. The van der Waals surface area contributed by atoms with Crippen LogP contribution >= 0.6 is 22.4 Å². The number of nitrogen functional groups attached to an aromatic ring is 2. The predicted octanol–water partition coefficient (Wildman–Crippen LogP) is -5.51. The summed E-state index contributed by atoms with van der Waals surface area (Å²) in [6.07, 6.45) is -11.5. The van der Waals surface area contributed by atoms with Gasteiger partial charge in [0, 0.05) is 19.1 Å². The topological polar surface area (TPSA) is 419 Å². The molecule has 7 unspecified atom stereocenters. The number of H-pyrrole nitrogens is 1. The lowest BCUT2D eigenvalue weighted by Gasteiger charge is -2.37. The molecule has 10 N–H and O–H groups in total. The molecule has 2 aliphatic rings. The van der Waals surface area contributed by atoms with Gasteiger partial charge in [-0.05, 0) is 0 Å². The molecule has 0 aromatic carbocycles. The molecular formula is C22H29N10O17P3S-4. The van der Waals surface area contributed by atoms with Gasteiger partial charge in [0.05, 0.1) is 25.2 Å². The number of nitrogens with two attached hydrogens (primary N) is 2. The molecule has 0 radical (unpaired) electrons. The number of fused-ring (bicyclic) bond motifs is 1. The number of imidazole rings is 1. The number of anilines is 4. The molecule has 2 saturated heterocycles. The van der Waals surface area contributed by atoms with Crippen LogP contribution in [0.25, 0.3) is 11.2 Å². The summed E-state index contributed by atoms with van der Waals surface area (Å²) in [6, 6.07) is 0. The lowest BCUT2D eigenvalue weighted by Crippen LogP contribution is -2.42. The molecule has 0 saturated carbocycles. The molecule has 5 heterocycles. The second-order valence-electron chi connectivity index (χ2n) is 10.9. The van der Waals surface area contributed by atoms with Crippen LogP contribution in [0.4, 0.5) is 23.4 Å². The number of ether oxygens (including phenoxy) is 2. The van der Waals surface area contributed by atoms with Gasteiger partial charge in [0.1, 0.15) is 43.3 Å². The Kier molecular flexibility index (Phi) is 12.0. The predicted molar refractivity (Wildman–Crippen MR) is 171 cm³/mol. The summed E-state index contributed by atoms with van der Waals surface area (Å²) in [5, 5.41) is 56.9. The fraction of sp³-hybridized carbons (Fsp3) is 0.500. The summed E-state index contributed by atoms with van der Waals surface area (Å²) in [7, 11) is -10.8. The first-order chi connectivity index (χ1) is 24.7. The number of phosphoric ester groups is 1. The molecule has 2 aliphatic heterocycles. The number of aromatic nitrogens is 6. The van der Waals surface area contributed by atoms with Crippen molar-refractivity contribution in [1.29, 1.82) is 0 Å². The van der Waals surface area contributed by atoms with Crippen molar-refractivity contribution in [1.82, 2.24) is 29.5 Å². The van der Waals surface area contributed by atoms with E-state index in [1.807, 2.05) is 0 Å². The minimum Gasteiger partial charge on any atom is -0.857 e. The van der Waals surface area contributed by atoms with Crippen molar-refractivity contribution in [2.75, 3.05) is 41.9 Å². The van der Waals surface area contributed by atoms with Gasteiger partial charge in [-0.3, -0.25) is 27.8 Å². The Hall–Kier alpha value is -3.24. The molecule has 0 bridgehead atoms. The van der Waals surface area contributed by atoms with Crippen LogP contribution in [0.5, 0.6) is 5.88 Å². The summed E-state index contributed by atoms with van der Waals surface area (Å²) >= 11 is 4.51. The zero-order chi connectivity index (χ0) is 39.2. The number of aliphatic hydroxyl groups excluding tert-OH is 4. The van der Waals surface area contributed by atoms with E-state index in [2.05, 4.69) is 61.8 Å². The first-order valence-corrected chi connectivity index (χ1v) is 20.0. The SMILES string of the molecule is C=CN(c1nc(N)nc([O-])c1NC)[C@@H]1O[C@H](COP([O-])(=S)OP(=O)([O-])OP(=O)([O-])OC[C@H]2O[C@@H](n3cnc4c(=O)[nH]c(N)nc43)C(O)C2O)C(O)C1O. The van der Waals surface area contributed by atoms with Crippen LogP contribution in [0, 0.1) is 0 Å². The Morgan fingerprint density at radius 2 is 1.68 bits per heavy atom. The first-order valence-electron chi connectivity index (χ1n) is 14.5. The van der Waals surface area contributed by atoms with Crippen LogP contribution in [0.3, 0.4) is 0 Å². The van der Waals surface area contributed by atoms with E-state index in [1.165, 1.54) is 7.05 Å². The monoisotopic (exact) mass is 830 g/mol. The van der Waals surface area contributed by atoms with Crippen LogP contribution in [0.2, 0.25) is 0 Å². The first kappa shape index (κ1) is 40.9. The van der Waals surface area contributed by atoms with Crippen LogP contribution in [-0.4, -0.2) is 113 Å². The van der Waals surface area contributed by atoms with Gasteiger partial charge in [0.25, 0.3) is 21.2 Å². The maximum atomic E-state index is 12.7. The van der Waals surface area contributed by atoms with Crippen molar-refractivity contribution >= 4 is 68.7 Å². The fourth-order valence-corrected chi connectivity index (χ4v) is 9.42. The van der Waals surface area contributed by atoms with Crippen molar-refractivity contribution in [2.24, 2.45) is 0 Å². The normalized spacial score (nSPS) is 29.4. The van der Waals surface area contributed by atoms with Crippen LogP contribution in [-0.2, 0) is 48.1 Å². The smallest absolute Gasteiger partial charge is 0.280 e. The summed E-state index contributed by atoms with van der Waals surface area (Å²) < 4.78 is 54.0. The Morgan fingerprint density at radius 1 is 1.04 bits per heavy atom. The summed E-state index contributed by atoms with van der Waals surface area (Å²) in [5.41, 5.74) is 9.79. The molecule has 0 amide bonds. The van der Waals surface area contributed by atoms with Crippen molar-refractivity contribution < 1.29 is 76.5 Å². The molecule has 3 aromatic heterocycles. The quantitative estimate of drug-likeness (QED) is 0.0662. The highest BCUT2D eigenvalue weighted by atomic mass is 32.5. The number of nitrogens with one attached hydrogen (secondary N) is 2. The number of phosphoric acid groups is 2. The number of aromatic amines is 1. The van der Waals surface area contributed by atoms with Crippen LogP contribution in [0.1, 0.15) is 6.23 Å². The number of hydrogen-bond acceptors (Lipinski definition) is 26. The van der Waals surface area contributed by atoms with Gasteiger partial charge >= 0.3 is 0 Å². The maximum absolute atomic E-state index is 12.7. The standard InChI is InChI=1S/C22H33N10O17P3S/c1-3-31(15-9(25-2)17(37)29-21(23)27-15)19-13(35)12(34)8(46-19)5-45-52(43,53)49-51(41,42)48-50(39,40)44-4-7-11(33)14(36)20(47-7)32-6-26-10-16(32)28-22(24)30-18(10)38/h3,6-8,11-14,19-20,25,33-36H,1,4-5H2,2H3,(H,39,40)(H,41,42)(H,43,53)(H3,23,27,29,37)(H3,24,28,30,38)/p-4/t7-,8-,11?,12?,13?,14?,19-,20-,52?/m1/s1. The van der Waals surface area contributed by atoms with E-state index >= 15 is 0 Å².